The van der Waals surface area contributed by atoms with Gasteiger partial charge in [0.15, 0.2) is 16.4 Å². The highest BCUT2D eigenvalue weighted by atomic mass is 35.5. The van der Waals surface area contributed by atoms with Crippen LogP contribution in [-0.2, 0) is 24.8 Å². The van der Waals surface area contributed by atoms with Crippen LogP contribution in [0.25, 0.3) is 0 Å². The fraction of sp³-hybridized carbons (Fsp3) is 0.409. The van der Waals surface area contributed by atoms with Crippen molar-refractivity contribution in [2.75, 3.05) is 13.2 Å². The van der Waals surface area contributed by atoms with Gasteiger partial charge in [-0.1, -0.05) is 23.2 Å². The quantitative estimate of drug-likeness (QED) is 0.489. The molecular weight excluding hydrogens is 567 g/mol. The first-order valence-corrected chi connectivity index (χ1v) is 13.0. The van der Waals surface area contributed by atoms with Crippen LogP contribution in [-0.4, -0.2) is 65.9 Å². The molecule has 2 aliphatic rings. The standard InChI is InChI=1S/C22H18Cl2F4N2O6S/c23-11-5-15(25)18(29-8-11)21(3-4-21)20(33)30-9-13(7-16(30)19(31)32)37(34,35)17-2-1-12(6-14(17)24)36-10-22(26,27)28/h1-2,5-6,8,13,16H,3-4,7,9-10H2,(H,31,32)/t13-,16+/m1/s1. The summed E-state index contributed by atoms with van der Waals surface area (Å²) in [5.74, 6) is -3.38. The molecule has 8 nitrogen and oxygen atoms in total. The lowest BCUT2D eigenvalue weighted by molar-refractivity contribution is -0.153. The summed E-state index contributed by atoms with van der Waals surface area (Å²) in [5.41, 5.74) is -1.63. The minimum atomic E-state index is -4.62. The Morgan fingerprint density at radius 3 is 2.43 bits per heavy atom. The molecule has 1 amide bonds. The van der Waals surface area contributed by atoms with Crippen LogP contribution >= 0.6 is 23.2 Å². The van der Waals surface area contributed by atoms with Crippen molar-refractivity contribution in [3.8, 4) is 5.75 Å². The van der Waals surface area contributed by atoms with Crippen molar-refractivity contribution in [3.63, 3.8) is 0 Å². The van der Waals surface area contributed by atoms with Crippen LogP contribution in [0, 0.1) is 5.82 Å². The second-order valence-corrected chi connectivity index (χ2v) is 11.8. The van der Waals surface area contributed by atoms with Crippen molar-refractivity contribution < 1.29 is 45.4 Å². The van der Waals surface area contributed by atoms with E-state index in [0.717, 1.165) is 35.4 Å². The molecule has 0 bridgehead atoms. The van der Waals surface area contributed by atoms with E-state index in [2.05, 4.69) is 9.72 Å². The molecule has 1 aliphatic carbocycles. The van der Waals surface area contributed by atoms with Gasteiger partial charge in [0, 0.05) is 18.8 Å². The molecule has 2 fully saturated rings. The molecule has 15 heteroatoms. The molecule has 1 aliphatic heterocycles. The maximum absolute atomic E-state index is 14.6. The number of ether oxygens (including phenoxy) is 1. The third-order valence-electron chi connectivity index (χ3n) is 6.28. The molecule has 0 radical (unpaired) electrons. The minimum Gasteiger partial charge on any atom is -0.484 e. The Balaban J connectivity index is 1.60. The van der Waals surface area contributed by atoms with Crippen LogP contribution in [0.1, 0.15) is 25.0 Å². The fourth-order valence-electron chi connectivity index (χ4n) is 4.35. The predicted molar refractivity (Wildman–Crippen MR) is 122 cm³/mol. The Morgan fingerprint density at radius 2 is 1.89 bits per heavy atom. The number of nitrogens with zero attached hydrogens (tertiary/aromatic N) is 2. The van der Waals surface area contributed by atoms with Gasteiger partial charge in [-0.05, 0) is 37.5 Å². The molecule has 200 valence electrons. The number of carbonyl (C=O) groups is 2. The highest BCUT2D eigenvalue weighted by Crippen LogP contribution is 2.51. The summed E-state index contributed by atoms with van der Waals surface area (Å²) in [5, 5.41) is 7.91. The van der Waals surface area contributed by atoms with Crippen LogP contribution < -0.4 is 4.74 Å². The third kappa shape index (κ3) is 5.34. The first kappa shape index (κ1) is 27.4. The lowest BCUT2D eigenvalue weighted by atomic mass is 9.98. The highest BCUT2D eigenvalue weighted by Gasteiger charge is 2.59. The van der Waals surface area contributed by atoms with E-state index in [4.69, 9.17) is 23.2 Å². The summed E-state index contributed by atoms with van der Waals surface area (Å²) in [7, 11) is -4.34. The largest absolute Gasteiger partial charge is 0.484 e. The number of aliphatic carboxylic acids is 1. The van der Waals surface area contributed by atoms with E-state index in [1.807, 2.05) is 0 Å². The van der Waals surface area contributed by atoms with Crippen molar-refractivity contribution >= 4 is 44.9 Å². The number of alkyl halides is 3. The first-order valence-electron chi connectivity index (χ1n) is 10.7. The Morgan fingerprint density at radius 1 is 1.22 bits per heavy atom. The first-order chi connectivity index (χ1) is 17.2. The number of aromatic nitrogens is 1. The van der Waals surface area contributed by atoms with Crippen LogP contribution in [0.2, 0.25) is 10.0 Å². The SMILES string of the molecule is O=C(O)[C@@H]1C[C@@H](S(=O)(=O)c2ccc(OCC(F)(F)F)cc2Cl)CN1C(=O)C1(c2ncc(Cl)cc2F)CC1. The minimum absolute atomic E-state index is 0.00643. The second kappa shape index (κ2) is 9.59. The van der Waals surface area contributed by atoms with Crippen LogP contribution in [0.15, 0.2) is 35.4 Å². The summed E-state index contributed by atoms with van der Waals surface area (Å²) in [6.45, 7) is -2.13. The number of carboxylic acids is 1. The van der Waals surface area contributed by atoms with E-state index in [1.165, 1.54) is 0 Å². The summed E-state index contributed by atoms with van der Waals surface area (Å²) in [6.07, 6.45) is -3.57. The van der Waals surface area contributed by atoms with Gasteiger partial charge < -0.3 is 14.7 Å². The van der Waals surface area contributed by atoms with Crippen molar-refractivity contribution in [1.82, 2.24) is 9.88 Å². The number of hydrogen-bond donors (Lipinski definition) is 1. The molecule has 4 rings (SSSR count). The van der Waals surface area contributed by atoms with Crippen molar-refractivity contribution in [3.05, 3.63) is 52.0 Å². The number of hydrogen-bond acceptors (Lipinski definition) is 6. The van der Waals surface area contributed by atoms with Gasteiger partial charge in [-0.25, -0.2) is 17.6 Å². The van der Waals surface area contributed by atoms with Gasteiger partial charge >= 0.3 is 12.1 Å². The zero-order chi connectivity index (χ0) is 27.3. The van der Waals surface area contributed by atoms with E-state index < -0.39 is 79.9 Å². The molecule has 1 saturated heterocycles. The molecule has 0 spiro atoms. The van der Waals surface area contributed by atoms with Gasteiger partial charge in [-0.2, -0.15) is 13.2 Å². The number of benzene rings is 1. The smallest absolute Gasteiger partial charge is 0.422 e. The van der Waals surface area contributed by atoms with Crippen LogP contribution in [0.5, 0.6) is 5.75 Å². The monoisotopic (exact) mass is 584 g/mol. The topological polar surface area (TPSA) is 114 Å². The van der Waals surface area contributed by atoms with Gasteiger partial charge in [0.1, 0.15) is 17.6 Å². The van der Waals surface area contributed by atoms with Gasteiger partial charge in [-0.15, -0.1) is 0 Å². The zero-order valence-electron chi connectivity index (χ0n) is 18.6. The molecule has 1 aromatic carbocycles. The number of amides is 1. The highest BCUT2D eigenvalue weighted by molar-refractivity contribution is 7.92. The Bertz CT molecular complexity index is 1370. The lowest BCUT2D eigenvalue weighted by Gasteiger charge is -2.26. The van der Waals surface area contributed by atoms with Crippen LogP contribution in [0.4, 0.5) is 17.6 Å². The van der Waals surface area contributed by atoms with E-state index in [0.29, 0.717) is 0 Å². The number of carbonyl (C=O) groups excluding carboxylic acids is 1. The summed E-state index contributed by atoms with van der Waals surface area (Å²) in [4.78, 5) is 29.8. The van der Waals surface area contributed by atoms with Crippen molar-refractivity contribution in [2.45, 2.75) is 47.0 Å². The summed E-state index contributed by atoms with van der Waals surface area (Å²) in [6, 6.07) is 2.31. The number of pyridine rings is 1. The molecule has 0 unspecified atom stereocenters. The maximum Gasteiger partial charge on any atom is 0.422 e. The van der Waals surface area contributed by atoms with Gasteiger partial charge in [-0.3, -0.25) is 9.78 Å². The van der Waals surface area contributed by atoms with E-state index >= 15 is 0 Å². The molecule has 2 heterocycles. The second-order valence-electron chi connectivity index (χ2n) is 8.78. The van der Waals surface area contributed by atoms with Gasteiger partial charge in [0.25, 0.3) is 0 Å². The van der Waals surface area contributed by atoms with Crippen LogP contribution in [0.3, 0.4) is 0 Å². The molecule has 1 aromatic heterocycles. The molecule has 1 N–H and O–H groups in total. The Kier molecular flexibility index (Phi) is 7.10. The number of halogens is 6. The van der Waals surface area contributed by atoms with Crippen molar-refractivity contribution in [2.24, 2.45) is 0 Å². The average Bonchev–Trinajstić information content (AvgIpc) is 3.45. The molecule has 1 saturated carbocycles. The summed E-state index contributed by atoms with van der Waals surface area (Å²) >= 11 is 11.8. The zero-order valence-corrected chi connectivity index (χ0v) is 21.0. The van der Waals surface area contributed by atoms with Gasteiger partial charge in [0.05, 0.1) is 31.3 Å². The van der Waals surface area contributed by atoms with E-state index in [9.17, 15) is 40.7 Å². The van der Waals surface area contributed by atoms with Gasteiger partial charge in [0.2, 0.25) is 5.91 Å². The molecule has 2 atom stereocenters. The number of likely N-dealkylation sites (tertiary alicyclic amines) is 1. The third-order valence-corrected chi connectivity index (χ3v) is 9.10. The lowest BCUT2D eigenvalue weighted by Crippen LogP contribution is -2.46. The number of sulfone groups is 1. The average molecular weight is 585 g/mol. The van der Waals surface area contributed by atoms with Crippen molar-refractivity contribution in [1.29, 1.82) is 0 Å². The normalized spacial score (nSPS) is 21.1. The summed E-state index contributed by atoms with van der Waals surface area (Å²) < 4.78 is 82.9. The Labute approximate surface area is 218 Å². The van der Waals surface area contributed by atoms with E-state index in [1.54, 1.807) is 0 Å². The molecular formula is C22H18Cl2F4N2O6S. The number of carboxylic acid groups (broad SMARTS) is 1. The van der Waals surface area contributed by atoms with E-state index in [-0.39, 0.29) is 29.3 Å². The Hall–Kier alpha value is -2.64. The fourth-order valence-corrected chi connectivity index (χ4v) is 6.72. The number of rotatable bonds is 7. The molecule has 37 heavy (non-hydrogen) atoms. The maximum atomic E-state index is 14.6. The molecule has 2 aromatic rings. The predicted octanol–water partition coefficient (Wildman–Crippen LogP) is 4.03.